The lowest BCUT2D eigenvalue weighted by atomic mass is 9.99. The van der Waals surface area contributed by atoms with E-state index in [0.717, 1.165) is 64.2 Å². The van der Waals surface area contributed by atoms with E-state index in [4.69, 9.17) is 9.47 Å². The largest absolute Gasteiger partial charge is 0.462 e. The van der Waals surface area contributed by atoms with Gasteiger partial charge < -0.3 is 9.47 Å². The zero-order valence-electron chi connectivity index (χ0n) is 18.0. The van der Waals surface area contributed by atoms with Crippen molar-refractivity contribution in [3.63, 3.8) is 0 Å². The minimum absolute atomic E-state index is 0.0107. The van der Waals surface area contributed by atoms with E-state index in [1.54, 1.807) is 0 Å². The first-order chi connectivity index (χ1) is 12.4. The van der Waals surface area contributed by atoms with Gasteiger partial charge in [-0.3, -0.25) is 9.59 Å². The molecule has 0 fully saturated rings. The Kier molecular flexibility index (Phi) is 14.4. The molecule has 26 heavy (non-hydrogen) atoms. The molecule has 0 N–H and O–H groups in total. The third-order valence-electron chi connectivity index (χ3n) is 5.08. The van der Waals surface area contributed by atoms with Crippen molar-refractivity contribution >= 4 is 11.9 Å². The van der Waals surface area contributed by atoms with E-state index in [2.05, 4.69) is 13.8 Å². The number of rotatable bonds is 15. The summed E-state index contributed by atoms with van der Waals surface area (Å²) in [6.07, 6.45) is 8.95. The molecule has 0 spiro atoms. The molecule has 154 valence electrons. The second-order valence-electron chi connectivity index (χ2n) is 7.57. The summed E-state index contributed by atoms with van der Waals surface area (Å²) >= 11 is 0. The highest BCUT2D eigenvalue weighted by molar-refractivity contribution is 5.73. The van der Waals surface area contributed by atoms with E-state index in [1.807, 2.05) is 27.7 Å². The van der Waals surface area contributed by atoms with Crippen molar-refractivity contribution in [3.05, 3.63) is 0 Å². The zero-order chi connectivity index (χ0) is 19.9. The van der Waals surface area contributed by atoms with Crippen molar-refractivity contribution in [1.82, 2.24) is 0 Å². The molecule has 4 atom stereocenters. The quantitative estimate of drug-likeness (QED) is 0.329. The van der Waals surface area contributed by atoms with Crippen molar-refractivity contribution in [2.75, 3.05) is 0 Å². The lowest BCUT2D eigenvalue weighted by Gasteiger charge is -2.21. The van der Waals surface area contributed by atoms with Gasteiger partial charge in [0.05, 0.1) is 24.0 Å². The van der Waals surface area contributed by atoms with E-state index >= 15 is 0 Å². The molecule has 0 amide bonds. The van der Waals surface area contributed by atoms with E-state index in [0.29, 0.717) is 0 Å². The number of ether oxygens (including phenoxy) is 2. The molecular formula is C22H42O4. The molecule has 0 aromatic carbocycles. The molecule has 0 aromatic rings. The molecule has 0 saturated heterocycles. The van der Waals surface area contributed by atoms with Crippen molar-refractivity contribution in [1.29, 1.82) is 0 Å². The molecule has 4 nitrogen and oxygen atoms in total. The monoisotopic (exact) mass is 370 g/mol. The summed E-state index contributed by atoms with van der Waals surface area (Å²) in [5, 5.41) is 0. The van der Waals surface area contributed by atoms with Crippen LogP contribution in [0.15, 0.2) is 0 Å². The third kappa shape index (κ3) is 10.8. The summed E-state index contributed by atoms with van der Waals surface area (Å²) in [5.74, 6) is -0.138. The highest BCUT2D eigenvalue weighted by Gasteiger charge is 2.22. The molecule has 0 aliphatic heterocycles. The SMILES string of the molecule is CCCCC(CC)C(=O)OC(C)CCC(C)OC(=O)C(CC)CCCC. The summed E-state index contributed by atoms with van der Waals surface area (Å²) in [4.78, 5) is 24.5. The average Bonchev–Trinajstić information content (AvgIpc) is 2.61. The number of hydrogen-bond acceptors (Lipinski definition) is 4. The fraction of sp³-hybridized carbons (Fsp3) is 0.909. The van der Waals surface area contributed by atoms with Crippen LogP contribution in [0.3, 0.4) is 0 Å². The predicted octanol–water partition coefficient (Wildman–Crippen LogP) is 6.06. The van der Waals surface area contributed by atoms with E-state index in [1.165, 1.54) is 0 Å². The molecule has 0 bridgehead atoms. The number of carbonyl (C=O) groups is 2. The Morgan fingerprint density at radius 1 is 0.654 bits per heavy atom. The van der Waals surface area contributed by atoms with Gasteiger partial charge in [0.1, 0.15) is 0 Å². The lowest BCUT2D eigenvalue weighted by Crippen LogP contribution is -2.25. The number of carbonyl (C=O) groups excluding carboxylic acids is 2. The highest BCUT2D eigenvalue weighted by Crippen LogP contribution is 2.19. The van der Waals surface area contributed by atoms with Crippen LogP contribution in [0.5, 0.6) is 0 Å². The van der Waals surface area contributed by atoms with Crippen LogP contribution in [-0.2, 0) is 19.1 Å². The van der Waals surface area contributed by atoms with Crippen molar-refractivity contribution < 1.29 is 19.1 Å². The standard InChI is InChI=1S/C22H42O4/c1-7-11-13-19(9-3)21(23)25-17(5)15-16-18(6)26-22(24)20(10-4)14-12-8-2/h17-20H,7-16H2,1-6H3. The normalized spacial score (nSPS) is 15.8. The number of unbranched alkanes of at least 4 members (excludes halogenated alkanes) is 2. The van der Waals surface area contributed by atoms with Crippen LogP contribution in [0.1, 0.15) is 106 Å². The minimum Gasteiger partial charge on any atom is -0.462 e. The molecule has 0 heterocycles. The Labute approximate surface area is 161 Å². The number of esters is 2. The molecule has 4 heteroatoms. The van der Waals surface area contributed by atoms with E-state index in [-0.39, 0.29) is 36.0 Å². The smallest absolute Gasteiger partial charge is 0.309 e. The van der Waals surface area contributed by atoms with Gasteiger partial charge >= 0.3 is 11.9 Å². The van der Waals surface area contributed by atoms with Gasteiger partial charge in [-0.1, -0.05) is 53.4 Å². The fourth-order valence-corrected chi connectivity index (χ4v) is 3.05. The second-order valence-corrected chi connectivity index (χ2v) is 7.57. The third-order valence-corrected chi connectivity index (χ3v) is 5.08. The van der Waals surface area contributed by atoms with Crippen LogP contribution in [0.2, 0.25) is 0 Å². The molecule has 0 aliphatic carbocycles. The van der Waals surface area contributed by atoms with Gasteiger partial charge in [0.2, 0.25) is 0 Å². The van der Waals surface area contributed by atoms with Crippen molar-refractivity contribution in [3.8, 4) is 0 Å². The maximum Gasteiger partial charge on any atom is 0.309 e. The van der Waals surface area contributed by atoms with Crippen molar-refractivity contribution in [2.45, 2.75) is 118 Å². The molecule has 0 aliphatic rings. The van der Waals surface area contributed by atoms with Gasteiger partial charge in [0.25, 0.3) is 0 Å². The molecule has 0 rings (SSSR count). The Morgan fingerprint density at radius 3 is 1.27 bits per heavy atom. The first-order valence-electron chi connectivity index (χ1n) is 10.8. The minimum atomic E-state index is -0.138. The molecule has 0 aromatic heterocycles. The van der Waals surface area contributed by atoms with Gasteiger partial charge in [-0.15, -0.1) is 0 Å². The summed E-state index contributed by atoms with van der Waals surface area (Å²) in [5.41, 5.74) is 0. The van der Waals surface area contributed by atoms with Crippen LogP contribution < -0.4 is 0 Å². The summed E-state index contributed by atoms with van der Waals surface area (Å²) in [6.45, 7) is 12.2. The Bertz CT molecular complexity index is 344. The topological polar surface area (TPSA) is 52.6 Å². The Balaban J connectivity index is 4.21. The van der Waals surface area contributed by atoms with Gasteiger partial charge in [-0.2, -0.15) is 0 Å². The van der Waals surface area contributed by atoms with Gasteiger partial charge in [0, 0.05) is 0 Å². The van der Waals surface area contributed by atoms with Gasteiger partial charge in [-0.25, -0.2) is 0 Å². The van der Waals surface area contributed by atoms with Crippen LogP contribution in [0.4, 0.5) is 0 Å². The maximum atomic E-state index is 12.2. The second kappa shape index (κ2) is 15.0. The first kappa shape index (κ1) is 24.9. The fourth-order valence-electron chi connectivity index (χ4n) is 3.05. The lowest BCUT2D eigenvalue weighted by molar-refractivity contribution is -0.157. The average molecular weight is 371 g/mol. The predicted molar refractivity (Wildman–Crippen MR) is 107 cm³/mol. The van der Waals surface area contributed by atoms with Gasteiger partial charge in [0.15, 0.2) is 0 Å². The van der Waals surface area contributed by atoms with Crippen molar-refractivity contribution in [2.24, 2.45) is 11.8 Å². The first-order valence-corrected chi connectivity index (χ1v) is 10.8. The van der Waals surface area contributed by atoms with Crippen LogP contribution in [0.25, 0.3) is 0 Å². The molecule has 0 radical (unpaired) electrons. The van der Waals surface area contributed by atoms with Crippen LogP contribution in [0, 0.1) is 11.8 Å². The van der Waals surface area contributed by atoms with E-state index in [9.17, 15) is 9.59 Å². The molecular weight excluding hydrogens is 328 g/mol. The molecule has 4 unspecified atom stereocenters. The summed E-state index contributed by atoms with van der Waals surface area (Å²) in [7, 11) is 0. The molecule has 0 saturated carbocycles. The zero-order valence-corrected chi connectivity index (χ0v) is 18.0. The van der Waals surface area contributed by atoms with E-state index < -0.39 is 0 Å². The van der Waals surface area contributed by atoms with Crippen LogP contribution in [-0.4, -0.2) is 24.1 Å². The van der Waals surface area contributed by atoms with Crippen LogP contribution >= 0.6 is 0 Å². The summed E-state index contributed by atoms with van der Waals surface area (Å²) < 4.78 is 11.2. The Hall–Kier alpha value is -1.06. The maximum absolute atomic E-state index is 12.2. The van der Waals surface area contributed by atoms with Gasteiger partial charge in [-0.05, 0) is 52.4 Å². The highest BCUT2D eigenvalue weighted by atomic mass is 16.5. The summed E-state index contributed by atoms with van der Waals surface area (Å²) in [6, 6.07) is 0. The Morgan fingerprint density at radius 2 is 1.00 bits per heavy atom. The number of hydrogen-bond donors (Lipinski definition) is 0.